The third-order valence-corrected chi connectivity index (χ3v) is 4.30. The number of carboxylic acids is 1. The summed E-state index contributed by atoms with van der Waals surface area (Å²) in [7, 11) is 0. The highest BCUT2D eigenvalue weighted by atomic mass is 16.4. The molecule has 0 radical (unpaired) electrons. The fourth-order valence-electron chi connectivity index (χ4n) is 2.39. The zero-order valence-electron chi connectivity index (χ0n) is 11.5. The Kier molecular flexibility index (Phi) is 5.40. The van der Waals surface area contributed by atoms with Gasteiger partial charge in [0.05, 0.1) is 0 Å². The molecule has 1 rings (SSSR count). The SMILES string of the molecule is CCC(C)C(C)N1CCN(C(C)C(=O)O)CC1. The Morgan fingerprint density at radius 2 is 1.59 bits per heavy atom. The van der Waals surface area contributed by atoms with Crippen molar-refractivity contribution < 1.29 is 9.90 Å². The van der Waals surface area contributed by atoms with Crippen molar-refractivity contribution in [2.24, 2.45) is 5.92 Å². The lowest BCUT2D eigenvalue weighted by Crippen LogP contribution is -2.54. The summed E-state index contributed by atoms with van der Waals surface area (Å²) in [6.07, 6.45) is 1.20. The number of hydrogen-bond donors (Lipinski definition) is 1. The molecular weight excluding hydrogens is 216 g/mol. The van der Waals surface area contributed by atoms with Gasteiger partial charge in [-0.2, -0.15) is 0 Å². The lowest BCUT2D eigenvalue weighted by Gasteiger charge is -2.41. The maximum atomic E-state index is 10.9. The van der Waals surface area contributed by atoms with Crippen LogP contribution in [0.2, 0.25) is 0 Å². The first-order valence-electron chi connectivity index (χ1n) is 6.68. The summed E-state index contributed by atoms with van der Waals surface area (Å²) in [5.74, 6) is -0.00753. The number of piperazine rings is 1. The molecule has 0 aromatic rings. The summed E-state index contributed by atoms with van der Waals surface area (Å²) in [4.78, 5) is 15.5. The number of nitrogens with zero attached hydrogens (tertiary/aromatic N) is 2. The van der Waals surface area contributed by atoms with Gasteiger partial charge in [0.1, 0.15) is 6.04 Å². The maximum absolute atomic E-state index is 10.9. The standard InChI is InChI=1S/C13H26N2O2/c1-5-10(2)11(3)14-6-8-15(9-7-14)12(4)13(16)17/h10-12H,5-9H2,1-4H3,(H,16,17). The van der Waals surface area contributed by atoms with Crippen LogP contribution in [0.4, 0.5) is 0 Å². The van der Waals surface area contributed by atoms with Crippen LogP contribution in [0.15, 0.2) is 0 Å². The molecule has 4 nitrogen and oxygen atoms in total. The van der Waals surface area contributed by atoms with E-state index in [9.17, 15) is 4.79 Å². The second kappa shape index (κ2) is 6.36. The van der Waals surface area contributed by atoms with Crippen LogP contribution in [0.25, 0.3) is 0 Å². The molecular formula is C13H26N2O2. The molecule has 0 saturated carbocycles. The van der Waals surface area contributed by atoms with E-state index in [1.165, 1.54) is 6.42 Å². The van der Waals surface area contributed by atoms with E-state index in [1.54, 1.807) is 6.92 Å². The van der Waals surface area contributed by atoms with Gasteiger partial charge in [0, 0.05) is 32.2 Å². The van der Waals surface area contributed by atoms with Gasteiger partial charge in [0.2, 0.25) is 0 Å². The van der Waals surface area contributed by atoms with Gasteiger partial charge in [-0.25, -0.2) is 0 Å². The fourth-order valence-corrected chi connectivity index (χ4v) is 2.39. The Balaban J connectivity index is 2.43. The molecule has 0 aromatic carbocycles. The Morgan fingerprint density at radius 1 is 1.12 bits per heavy atom. The molecule has 17 heavy (non-hydrogen) atoms. The monoisotopic (exact) mass is 242 g/mol. The zero-order valence-corrected chi connectivity index (χ0v) is 11.5. The van der Waals surface area contributed by atoms with Gasteiger partial charge in [-0.1, -0.05) is 20.3 Å². The average Bonchev–Trinajstić information content (AvgIpc) is 2.36. The number of aliphatic carboxylic acids is 1. The number of hydrogen-bond acceptors (Lipinski definition) is 3. The quantitative estimate of drug-likeness (QED) is 0.793. The molecule has 1 aliphatic rings. The third kappa shape index (κ3) is 3.68. The van der Waals surface area contributed by atoms with E-state index in [2.05, 4.69) is 30.6 Å². The van der Waals surface area contributed by atoms with Crippen LogP contribution in [0.1, 0.15) is 34.1 Å². The molecule has 0 aromatic heterocycles. The Morgan fingerprint density at radius 3 is 2.00 bits per heavy atom. The highest BCUT2D eigenvalue weighted by Gasteiger charge is 2.28. The largest absolute Gasteiger partial charge is 0.480 e. The van der Waals surface area contributed by atoms with Crippen molar-refractivity contribution in [2.75, 3.05) is 26.2 Å². The summed E-state index contributed by atoms with van der Waals surface area (Å²) in [5.41, 5.74) is 0. The van der Waals surface area contributed by atoms with Crippen molar-refractivity contribution in [1.82, 2.24) is 9.80 Å². The van der Waals surface area contributed by atoms with Crippen molar-refractivity contribution in [1.29, 1.82) is 0 Å². The molecule has 0 aliphatic carbocycles. The predicted octanol–water partition coefficient (Wildman–Crippen LogP) is 1.51. The van der Waals surface area contributed by atoms with Crippen molar-refractivity contribution in [3.8, 4) is 0 Å². The fraction of sp³-hybridized carbons (Fsp3) is 0.923. The van der Waals surface area contributed by atoms with E-state index < -0.39 is 5.97 Å². The highest BCUT2D eigenvalue weighted by Crippen LogP contribution is 2.17. The van der Waals surface area contributed by atoms with Crippen molar-refractivity contribution in [3.63, 3.8) is 0 Å². The van der Waals surface area contributed by atoms with Crippen LogP contribution in [-0.2, 0) is 4.79 Å². The first-order chi connectivity index (χ1) is 7.97. The predicted molar refractivity (Wildman–Crippen MR) is 69.2 cm³/mol. The van der Waals surface area contributed by atoms with Gasteiger partial charge in [-0.05, 0) is 19.8 Å². The molecule has 3 unspecified atom stereocenters. The van der Waals surface area contributed by atoms with Crippen molar-refractivity contribution >= 4 is 5.97 Å². The molecule has 0 amide bonds. The molecule has 1 N–H and O–H groups in total. The Hall–Kier alpha value is -0.610. The second-order valence-corrected chi connectivity index (χ2v) is 5.21. The molecule has 3 atom stereocenters. The Labute approximate surface area is 105 Å². The lowest BCUT2D eigenvalue weighted by molar-refractivity contribution is -0.143. The lowest BCUT2D eigenvalue weighted by atomic mass is 9.98. The van der Waals surface area contributed by atoms with Crippen LogP contribution in [0, 0.1) is 5.92 Å². The second-order valence-electron chi connectivity index (χ2n) is 5.21. The van der Waals surface area contributed by atoms with Gasteiger partial charge in [0.25, 0.3) is 0 Å². The molecule has 1 saturated heterocycles. The highest BCUT2D eigenvalue weighted by molar-refractivity contribution is 5.72. The van der Waals surface area contributed by atoms with Crippen molar-refractivity contribution in [2.45, 2.75) is 46.2 Å². The number of carbonyl (C=O) groups is 1. The van der Waals surface area contributed by atoms with E-state index in [0.717, 1.165) is 26.2 Å². The van der Waals surface area contributed by atoms with Crippen LogP contribution in [0.5, 0.6) is 0 Å². The van der Waals surface area contributed by atoms with Gasteiger partial charge < -0.3 is 5.11 Å². The van der Waals surface area contributed by atoms with E-state index in [4.69, 9.17) is 5.11 Å². The van der Waals surface area contributed by atoms with Crippen molar-refractivity contribution in [3.05, 3.63) is 0 Å². The average molecular weight is 242 g/mol. The smallest absolute Gasteiger partial charge is 0.320 e. The van der Waals surface area contributed by atoms with E-state index in [0.29, 0.717) is 12.0 Å². The first kappa shape index (κ1) is 14.5. The van der Waals surface area contributed by atoms with Crippen LogP contribution in [0.3, 0.4) is 0 Å². The summed E-state index contributed by atoms with van der Waals surface area (Å²) in [6, 6.07) is 0.248. The summed E-state index contributed by atoms with van der Waals surface area (Å²) >= 11 is 0. The van der Waals surface area contributed by atoms with E-state index >= 15 is 0 Å². The minimum absolute atomic E-state index is 0.351. The van der Waals surface area contributed by atoms with E-state index in [-0.39, 0.29) is 6.04 Å². The third-order valence-electron chi connectivity index (χ3n) is 4.30. The molecule has 4 heteroatoms. The van der Waals surface area contributed by atoms with Crippen LogP contribution >= 0.6 is 0 Å². The Bertz CT molecular complexity index is 250. The van der Waals surface area contributed by atoms with Gasteiger partial charge >= 0.3 is 5.97 Å². The minimum Gasteiger partial charge on any atom is -0.480 e. The summed E-state index contributed by atoms with van der Waals surface area (Å²) in [5, 5.41) is 8.98. The normalized spacial score (nSPS) is 24.2. The van der Waals surface area contributed by atoms with Gasteiger partial charge in [-0.3, -0.25) is 14.6 Å². The molecule has 100 valence electrons. The minimum atomic E-state index is -0.714. The molecule has 0 bridgehead atoms. The molecule has 0 spiro atoms. The van der Waals surface area contributed by atoms with E-state index in [1.807, 2.05) is 0 Å². The molecule has 1 fully saturated rings. The van der Waals surface area contributed by atoms with Gasteiger partial charge in [-0.15, -0.1) is 0 Å². The first-order valence-corrected chi connectivity index (χ1v) is 6.68. The molecule has 1 heterocycles. The van der Waals surface area contributed by atoms with Crippen LogP contribution < -0.4 is 0 Å². The zero-order chi connectivity index (χ0) is 13.0. The number of carboxylic acid groups (broad SMARTS) is 1. The topological polar surface area (TPSA) is 43.8 Å². The van der Waals surface area contributed by atoms with Crippen LogP contribution in [-0.4, -0.2) is 59.1 Å². The summed E-state index contributed by atoms with van der Waals surface area (Å²) in [6.45, 7) is 12.3. The summed E-state index contributed by atoms with van der Waals surface area (Å²) < 4.78 is 0. The molecule has 1 aliphatic heterocycles. The van der Waals surface area contributed by atoms with Gasteiger partial charge in [0.15, 0.2) is 0 Å². The number of rotatable bonds is 5. The maximum Gasteiger partial charge on any atom is 0.320 e.